The molecule has 7 rings (SSSR count). The largest absolute Gasteiger partial charge is 0.500 e. The molecule has 1 heterocycles. The highest BCUT2D eigenvalue weighted by molar-refractivity contribution is 7.67. The average Bonchev–Trinajstić information content (AvgIpc) is 3.37. The van der Waals surface area contributed by atoms with Crippen LogP contribution in [0, 0.1) is 11.3 Å². The Bertz CT molecular complexity index is 2680. The lowest BCUT2D eigenvalue weighted by atomic mass is 9.76. The first kappa shape index (κ1) is 54.0. The van der Waals surface area contributed by atoms with E-state index < -0.39 is 7.92 Å². The number of benzene rings is 3. The number of methoxy groups -OCH3 is 3. The van der Waals surface area contributed by atoms with Gasteiger partial charge in [0.05, 0.1) is 26.7 Å². The van der Waals surface area contributed by atoms with Gasteiger partial charge in [-0.3, -0.25) is 14.4 Å². The van der Waals surface area contributed by atoms with Crippen molar-refractivity contribution in [2.75, 3.05) is 34.4 Å². The van der Waals surface area contributed by atoms with Crippen LogP contribution >= 0.6 is 7.92 Å². The van der Waals surface area contributed by atoms with Crippen molar-refractivity contribution < 1.29 is 33.3 Å². The Hall–Kier alpha value is -5.82. The van der Waals surface area contributed by atoms with Gasteiger partial charge in [0.2, 0.25) is 0 Å². The van der Waals surface area contributed by atoms with Crippen molar-refractivity contribution in [1.82, 2.24) is 4.90 Å². The van der Waals surface area contributed by atoms with Crippen LogP contribution in [0.3, 0.4) is 0 Å². The highest BCUT2D eigenvalue weighted by atomic mass is 31.1. The number of carbonyl (C=O) groups excluding carboxylic acids is 3. The van der Waals surface area contributed by atoms with Gasteiger partial charge >= 0.3 is 0 Å². The number of allylic oxidation sites excluding steroid dienone is 11. The van der Waals surface area contributed by atoms with Crippen LogP contribution in [0.2, 0.25) is 0 Å². The first-order valence-electron chi connectivity index (χ1n) is 25.7. The lowest BCUT2D eigenvalue weighted by molar-refractivity contribution is -0.116. The molecule has 0 amide bonds. The second-order valence-electron chi connectivity index (χ2n) is 21.5. The van der Waals surface area contributed by atoms with E-state index >= 15 is 0 Å². The van der Waals surface area contributed by atoms with Crippen molar-refractivity contribution in [3.05, 3.63) is 189 Å². The van der Waals surface area contributed by atoms with Gasteiger partial charge in [0, 0.05) is 66.4 Å². The zero-order chi connectivity index (χ0) is 51.6. The van der Waals surface area contributed by atoms with E-state index in [0.717, 1.165) is 78.1 Å². The normalized spacial score (nSPS) is 20.3. The number of Topliss-reactive ketones (excluding diaryl/α,β-unsaturated/α-hetero) is 3. The predicted molar refractivity (Wildman–Crippen MR) is 295 cm³/mol. The van der Waals surface area contributed by atoms with E-state index in [-0.39, 0.29) is 52.3 Å². The summed E-state index contributed by atoms with van der Waals surface area (Å²) in [6.07, 6.45) is 28.3. The Kier molecular flexibility index (Phi) is 18.2. The van der Waals surface area contributed by atoms with E-state index in [1.807, 2.05) is 24.3 Å². The molecule has 8 nitrogen and oxygen atoms in total. The van der Waals surface area contributed by atoms with Gasteiger partial charge in [0.15, 0.2) is 17.3 Å². The van der Waals surface area contributed by atoms with Gasteiger partial charge in [-0.2, -0.15) is 0 Å². The van der Waals surface area contributed by atoms with Crippen LogP contribution in [0.5, 0.6) is 5.75 Å². The van der Waals surface area contributed by atoms with Crippen LogP contribution in [0.25, 0.3) is 6.08 Å². The summed E-state index contributed by atoms with van der Waals surface area (Å²) >= 11 is 0. The smallest absolute Gasteiger partial charge is 0.170 e. The standard InChI is InChI=1S/C63H76NO7P/c1-43(2)40-64-36-35-63(6,7)52(41-64)53(65)18-12-11-17-45-24-23-44(42-71-50-32-27-47(28-33-50)55(67)39-54(66)46-25-30-49(31-26-46)62(3,4)5)37-51(45)48-29-34-61(58(38-48)70-10)72(59-21-15-13-19-56(59)68-8)60-22-16-14-20-57(60)69-9/h11,13-17,19,22-28,30-34,37-38,41,43,48,57,59H,12,18,20-21,29,35-36,39-40,42H2,1-10H3. The van der Waals surface area contributed by atoms with Gasteiger partial charge in [0.25, 0.3) is 0 Å². The second-order valence-corrected chi connectivity index (χ2v) is 23.9. The molecule has 0 fully saturated rings. The molecule has 0 saturated heterocycles. The fourth-order valence-corrected chi connectivity index (χ4v) is 13.3. The van der Waals surface area contributed by atoms with Crippen molar-refractivity contribution in [2.45, 2.75) is 123 Å². The summed E-state index contributed by atoms with van der Waals surface area (Å²) in [5.41, 5.74) is 6.23. The van der Waals surface area contributed by atoms with Gasteiger partial charge in [-0.1, -0.05) is 140 Å². The molecule has 0 radical (unpaired) electrons. The number of ketones is 3. The summed E-state index contributed by atoms with van der Waals surface area (Å²) in [7, 11) is 4.37. The average molecular weight is 990 g/mol. The third-order valence-electron chi connectivity index (χ3n) is 14.3. The Morgan fingerprint density at radius 2 is 1.54 bits per heavy atom. The lowest BCUT2D eigenvalue weighted by Crippen LogP contribution is -2.36. The number of nitrogens with zero attached hydrogens (tertiary/aromatic N) is 1. The SMILES string of the molecule is COC1=CC(c2cc(COc3ccc(C(=O)CC(=O)c4ccc(C(C)(C)C)cc4)cc3)ccc2C=CCCC(=O)C2=CN(CC(C)C)CCC2(C)C)CC=C1P(C1=CC=CCC1OC)C1CC=CC=C1OC. The number of ether oxygens (including phenoxy) is 4. The summed E-state index contributed by atoms with van der Waals surface area (Å²) in [6.45, 7) is 17.5. The molecule has 9 heteroatoms. The molecule has 3 aliphatic carbocycles. The van der Waals surface area contributed by atoms with Crippen LogP contribution < -0.4 is 4.74 Å². The fraction of sp³-hybridized carbons (Fsp3) is 0.413. The van der Waals surface area contributed by atoms with Crippen LogP contribution in [0.4, 0.5) is 0 Å². The molecule has 3 aromatic rings. The summed E-state index contributed by atoms with van der Waals surface area (Å²) in [6, 6.07) is 21.1. The van der Waals surface area contributed by atoms with E-state index in [1.54, 1.807) is 45.6 Å². The molecule has 0 spiro atoms. The molecule has 380 valence electrons. The number of carbonyl (C=O) groups is 3. The third kappa shape index (κ3) is 13.4. The molecule has 1 aliphatic heterocycles. The Morgan fingerprint density at radius 1 is 0.847 bits per heavy atom. The van der Waals surface area contributed by atoms with E-state index in [2.05, 4.69) is 139 Å². The Balaban J connectivity index is 1.12. The van der Waals surface area contributed by atoms with Crippen molar-refractivity contribution in [1.29, 1.82) is 0 Å². The van der Waals surface area contributed by atoms with Crippen LogP contribution in [-0.2, 0) is 31.0 Å². The molecule has 3 aromatic carbocycles. The van der Waals surface area contributed by atoms with Crippen molar-refractivity contribution >= 4 is 31.3 Å². The Labute approximate surface area is 431 Å². The number of hydrogen-bond donors (Lipinski definition) is 0. The highest BCUT2D eigenvalue weighted by Gasteiger charge is 2.39. The first-order valence-corrected chi connectivity index (χ1v) is 27.1. The fourth-order valence-electron chi connectivity index (χ4n) is 10.1. The van der Waals surface area contributed by atoms with Gasteiger partial charge in [-0.25, -0.2) is 0 Å². The quantitative estimate of drug-likeness (QED) is 0.0592. The van der Waals surface area contributed by atoms with Gasteiger partial charge in [-0.05, 0) is 121 Å². The molecule has 0 N–H and O–H groups in total. The van der Waals surface area contributed by atoms with E-state index in [4.69, 9.17) is 18.9 Å². The summed E-state index contributed by atoms with van der Waals surface area (Å²) in [4.78, 5) is 42.4. The molecular formula is C63H76NO7P. The van der Waals surface area contributed by atoms with Crippen LogP contribution in [-0.4, -0.2) is 68.4 Å². The predicted octanol–water partition coefficient (Wildman–Crippen LogP) is 14.8. The highest BCUT2D eigenvalue weighted by Crippen LogP contribution is 2.65. The van der Waals surface area contributed by atoms with Crippen molar-refractivity contribution in [3.63, 3.8) is 0 Å². The summed E-state index contributed by atoms with van der Waals surface area (Å²) in [5, 5.41) is 2.47. The van der Waals surface area contributed by atoms with Crippen molar-refractivity contribution in [3.8, 4) is 5.75 Å². The topological polar surface area (TPSA) is 91.4 Å². The molecule has 0 aromatic heterocycles. The van der Waals surface area contributed by atoms with Crippen LogP contribution in [0.1, 0.15) is 142 Å². The van der Waals surface area contributed by atoms with E-state index in [9.17, 15) is 14.4 Å². The molecule has 4 atom stereocenters. The second kappa shape index (κ2) is 24.3. The van der Waals surface area contributed by atoms with Crippen molar-refractivity contribution in [2.24, 2.45) is 11.3 Å². The molecule has 0 saturated carbocycles. The minimum Gasteiger partial charge on any atom is -0.500 e. The lowest BCUT2D eigenvalue weighted by Gasteiger charge is -2.38. The first-order chi connectivity index (χ1) is 34.5. The third-order valence-corrected chi connectivity index (χ3v) is 17.3. The molecular weight excluding hydrogens is 914 g/mol. The molecule has 72 heavy (non-hydrogen) atoms. The number of rotatable bonds is 21. The zero-order valence-corrected chi connectivity index (χ0v) is 45.2. The number of hydrogen-bond acceptors (Lipinski definition) is 8. The van der Waals surface area contributed by atoms with Gasteiger partial charge in [-0.15, -0.1) is 0 Å². The van der Waals surface area contributed by atoms with E-state index in [1.165, 1.54) is 10.6 Å². The van der Waals surface area contributed by atoms with Gasteiger partial charge < -0.3 is 23.8 Å². The summed E-state index contributed by atoms with van der Waals surface area (Å²) in [5.74, 6) is 2.76. The maximum Gasteiger partial charge on any atom is 0.170 e. The summed E-state index contributed by atoms with van der Waals surface area (Å²) < 4.78 is 24.9. The van der Waals surface area contributed by atoms with Gasteiger partial charge in [0.1, 0.15) is 23.9 Å². The minimum absolute atomic E-state index is 0.00603. The zero-order valence-electron chi connectivity index (χ0n) is 44.3. The monoisotopic (exact) mass is 990 g/mol. The maximum absolute atomic E-state index is 13.8. The molecule has 4 unspecified atom stereocenters. The molecule has 0 bridgehead atoms. The molecule has 4 aliphatic rings. The minimum atomic E-state index is -0.952. The van der Waals surface area contributed by atoms with E-state index in [0.29, 0.717) is 42.2 Å². The van der Waals surface area contributed by atoms with Crippen LogP contribution in [0.15, 0.2) is 155 Å². The maximum atomic E-state index is 13.8. The Morgan fingerprint density at radius 3 is 2.21 bits per heavy atom.